The molecule has 0 fully saturated rings. The normalized spacial score (nSPS) is 11.3. The van der Waals surface area contributed by atoms with Crippen molar-refractivity contribution < 1.29 is 40.2 Å². The van der Waals surface area contributed by atoms with Gasteiger partial charge in [0.25, 0.3) is 0 Å². The predicted octanol–water partition coefficient (Wildman–Crippen LogP) is 5.81. The molecule has 0 amide bonds. The highest BCUT2D eigenvalue weighted by molar-refractivity contribution is 5.90. The van der Waals surface area contributed by atoms with Crippen LogP contribution in [0.5, 0.6) is 11.5 Å². The van der Waals surface area contributed by atoms with Crippen molar-refractivity contribution in [2.45, 2.75) is 6.61 Å². The topological polar surface area (TPSA) is 18.5 Å². The molecule has 0 aliphatic rings. The van der Waals surface area contributed by atoms with Gasteiger partial charge in [-0.1, -0.05) is 0 Å². The van der Waals surface area contributed by atoms with E-state index in [0.717, 1.165) is 18.2 Å². The Kier molecular flexibility index (Phi) is 4.86. The van der Waals surface area contributed by atoms with Gasteiger partial charge in [-0.3, -0.25) is 0 Å². The smallest absolute Gasteiger partial charge is 0.387 e. The van der Waals surface area contributed by atoms with Crippen LogP contribution >= 0.6 is 0 Å². The summed E-state index contributed by atoms with van der Waals surface area (Å²) >= 11 is 0. The van der Waals surface area contributed by atoms with Gasteiger partial charge in [0.1, 0.15) is 23.2 Å². The first-order chi connectivity index (χ1) is 12.7. The maximum atomic E-state index is 14.4. The van der Waals surface area contributed by atoms with E-state index >= 15 is 0 Å². The van der Waals surface area contributed by atoms with E-state index in [0.29, 0.717) is 12.1 Å². The van der Waals surface area contributed by atoms with Gasteiger partial charge in [-0.15, -0.1) is 0 Å². The first-order valence-electron chi connectivity index (χ1n) is 7.32. The lowest BCUT2D eigenvalue weighted by molar-refractivity contribution is -0.0544. The number of methoxy groups -OCH3 is 1. The largest absolute Gasteiger partial charge is 0.497 e. The van der Waals surface area contributed by atoms with Gasteiger partial charge in [-0.25, -0.2) is 22.0 Å². The van der Waals surface area contributed by atoms with Gasteiger partial charge in [0, 0.05) is 12.1 Å². The van der Waals surface area contributed by atoms with Crippen LogP contribution in [0.2, 0.25) is 0 Å². The Labute approximate surface area is 147 Å². The number of hydrogen-bond donors (Lipinski definition) is 0. The van der Waals surface area contributed by atoms with Crippen molar-refractivity contribution in [3.63, 3.8) is 0 Å². The molecule has 0 aliphatic heterocycles. The molecular formula is C18H9F7O2. The molecule has 3 aromatic rings. The van der Waals surface area contributed by atoms with Crippen molar-refractivity contribution in [2.24, 2.45) is 0 Å². The minimum Gasteiger partial charge on any atom is -0.497 e. The SMILES string of the molecule is COc1cc(F)c(-c2cc(F)c3c(F)c(OC(F)F)c(F)cc3c2)c(F)c1. The summed E-state index contributed by atoms with van der Waals surface area (Å²) in [6.45, 7) is -3.53. The van der Waals surface area contributed by atoms with Gasteiger partial charge in [-0.05, 0) is 29.1 Å². The van der Waals surface area contributed by atoms with Gasteiger partial charge >= 0.3 is 6.61 Å². The van der Waals surface area contributed by atoms with Crippen LogP contribution in [0.4, 0.5) is 30.7 Å². The Morgan fingerprint density at radius 3 is 1.96 bits per heavy atom. The molecule has 0 aromatic heterocycles. The third kappa shape index (κ3) is 3.36. The van der Waals surface area contributed by atoms with Crippen LogP contribution in [0.25, 0.3) is 21.9 Å². The molecule has 0 N–H and O–H groups in total. The quantitative estimate of drug-likeness (QED) is 0.524. The molecule has 2 nitrogen and oxygen atoms in total. The van der Waals surface area contributed by atoms with Crippen LogP contribution in [0.3, 0.4) is 0 Å². The van der Waals surface area contributed by atoms with Gasteiger partial charge in [-0.2, -0.15) is 8.78 Å². The van der Waals surface area contributed by atoms with Crippen LogP contribution < -0.4 is 9.47 Å². The molecule has 9 heteroatoms. The summed E-state index contributed by atoms with van der Waals surface area (Å²) in [6.07, 6.45) is 0. The van der Waals surface area contributed by atoms with Crippen LogP contribution in [0.15, 0.2) is 30.3 Å². The molecule has 3 aromatic carbocycles. The minimum atomic E-state index is -3.53. The summed E-state index contributed by atoms with van der Waals surface area (Å²) in [5.41, 5.74) is -0.996. The van der Waals surface area contributed by atoms with E-state index in [1.807, 2.05) is 0 Å². The van der Waals surface area contributed by atoms with Crippen molar-refractivity contribution >= 4 is 10.8 Å². The second-order valence-corrected chi connectivity index (χ2v) is 5.40. The minimum absolute atomic E-state index is 0.124. The van der Waals surface area contributed by atoms with Gasteiger partial charge in [0.05, 0.1) is 18.1 Å². The standard InChI is InChI=1S/C18H9F7O2/c1-26-9-5-11(20)14(12(21)6-9)7-2-8-4-13(22)17(27-18(24)25)16(23)15(8)10(19)3-7/h2-6,18H,1H3. The lowest BCUT2D eigenvalue weighted by Gasteiger charge is -2.13. The van der Waals surface area contributed by atoms with Crippen LogP contribution in [0, 0.1) is 29.1 Å². The summed E-state index contributed by atoms with van der Waals surface area (Å²) in [4.78, 5) is 0. The lowest BCUT2D eigenvalue weighted by Crippen LogP contribution is -2.06. The number of ether oxygens (including phenoxy) is 2. The maximum absolute atomic E-state index is 14.4. The van der Waals surface area contributed by atoms with Gasteiger partial charge in [0.2, 0.25) is 0 Å². The first kappa shape index (κ1) is 18.8. The summed E-state index contributed by atoms with van der Waals surface area (Å²) in [7, 11) is 1.19. The Bertz CT molecular complexity index is 1010. The highest BCUT2D eigenvalue weighted by Gasteiger charge is 2.23. The molecule has 0 spiro atoms. The monoisotopic (exact) mass is 390 g/mol. The third-order valence-corrected chi connectivity index (χ3v) is 3.79. The Morgan fingerprint density at radius 2 is 1.41 bits per heavy atom. The van der Waals surface area contributed by atoms with Crippen molar-refractivity contribution in [3.8, 4) is 22.6 Å². The highest BCUT2D eigenvalue weighted by Crippen LogP contribution is 2.37. The zero-order valence-electron chi connectivity index (χ0n) is 13.4. The maximum Gasteiger partial charge on any atom is 0.387 e. The fourth-order valence-corrected chi connectivity index (χ4v) is 2.68. The fourth-order valence-electron chi connectivity index (χ4n) is 2.68. The molecule has 0 saturated heterocycles. The second-order valence-electron chi connectivity index (χ2n) is 5.40. The van der Waals surface area contributed by atoms with Crippen molar-refractivity contribution in [1.82, 2.24) is 0 Å². The molecule has 142 valence electrons. The Hall–Kier alpha value is -2.97. The summed E-state index contributed by atoms with van der Waals surface area (Å²) < 4.78 is 104. The number of hydrogen-bond acceptors (Lipinski definition) is 2. The molecule has 0 atom stereocenters. The number of halogens is 7. The van der Waals surface area contributed by atoms with Gasteiger partial charge in [0.15, 0.2) is 17.4 Å². The van der Waals surface area contributed by atoms with Crippen molar-refractivity contribution in [3.05, 3.63) is 59.4 Å². The molecule has 0 heterocycles. The predicted molar refractivity (Wildman–Crippen MR) is 82.4 cm³/mol. The van der Waals surface area contributed by atoms with E-state index in [-0.39, 0.29) is 11.3 Å². The average molecular weight is 390 g/mol. The molecular weight excluding hydrogens is 381 g/mol. The van der Waals surface area contributed by atoms with Crippen LogP contribution in [0.1, 0.15) is 0 Å². The van der Waals surface area contributed by atoms with E-state index in [1.54, 1.807) is 0 Å². The number of alkyl halides is 2. The van der Waals surface area contributed by atoms with Crippen LogP contribution in [-0.2, 0) is 0 Å². The third-order valence-electron chi connectivity index (χ3n) is 3.79. The zero-order chi connectivity index (χ0) is 19.9. The number of fused-ring (bicyclic) bond motifs is 1. The molecule has 3 rings (SSSR count). The second kappa shape index (κ2) is 6.98. The van der Waals surface area contributed by atoms with E-state index in [1.165, 1.54) is 7.11 Å². The van der Waals surface area contributed by atoms with E-state index in [4.69, 9.17) is 4.74 Å². The first-order valence-corrected chi connectivity index (χ1v) is 7.32. The number of benzene rings is 3. The summed E-state index contributed by atoms with van der Waals surface area (Å²) in [5.74, 6) is -8.31. The average Bonchev–Trinajstić information content (AvgIpc) is 2.57. The lowest BCUT2D eigenvalue weighted by atomic mass is 9.99. The zero-order valence-corrected chi connectivity index (χ0v) is 13.4. The molecule has 0 unspecified atom stereocenters. The van der Waals surface area contributed by atoms with E-state index < -0.39 is 57.8 Å². The molecule has 0 radical (unpaired) electrons. The number of rotatable bonds is 4. The molecule has 27 heavy (non-hydrogen) atoms. The summed E-state index contributed by atoms with van der Waals surface area (Å²) in [6, 6.07) is 3.75. The molecule has 0 aliphatic carbocycles. The Balaban J connectivity index is 2.25. The highest BCUT2D eigenvalue weighted by atomic mass is 19.3. The van der Waals surface area contributed by atoms with E-state index in [2.05, 4.69) is 4.74 Å². The summed E-state index contributed by atoms with van der Waals surface area (Å²) in [5, 5.41) is -1.29. The van der Waals surface area contributed by atoms with Crippen LogP contribution in [-0.4, -0.2) is 13.7 Å². The van der Waals surface area contributed by atoms with E-state index in [9.17, 15) is 30.7 Å². The molecule has 0 saturated carbocycles. The fraction of sp³-hybridized carbons (Fsp3) is 0.111. The van der Waals surface area contributed by atoms with Crippen molar-refractivity contribution in [2.75, 3.05) is 7.11 Å². The van der Waals surface area contributed by atoms with Gasteiger partial charge < -0.3 is 9.47 Å². The Morgan fingerprint density at radius 1 is 0.778 bits per heavy atom. The molecule has 0 bridgehead atoms. The van der Waals surface area contributed by atoms with Crippen molar-refractivity contribution in [1.29, 1.82) is 0 Å².